The lowest BCUT2D eigenvalue weighted by atomic mass is 10.2. The Morgan fingerprint density at radius 3 is 2.57 bits per heavy atom. The summed E-state index contributed by atoms with van der Waals surface area (Å²) >= 11 is 0. The zero-order valence-corrected chi connectivity index (χ0v) is 8.03. The lowest BCUT2D eigenvalue weighted by molar-refractivity contribution is -0.131. The quantitative estimate of drug-likeness (QED) is 0.717. The van der Waals surface area contributed by atoms with Gasteiger partial charge in [-0.05, 0) is 30.7 Å². The number of hydrogen-bond donors (Lipinski definition) is 2. The second-order valence-electron chi connectivity index (χ2n) is 2.82. The van der Waals surface area contributed by atoms with Gasteiger partial charge in [-0.2, -0.15) is 0 Å². The third kappa shape index (κ3) is 3.31. The Labute approximate surface area is 83.1 Å². The smallest absolute Gasteiger partial charge is 0.328 e. The van der Waals surface area contributed by atoms with E-state index < -0.39 is 5.97 Å². The summed E-state index contributed by atoms with van der Waals surface area (Å²) in [7, 11) is 0. The van der Waals surface area contributed by atoms with Crippen LogP contribution in [0.3, 0.4) is 0 Å². The minimum Gasteiger partial charge on any atom is -0.478 e. The number of nitrogens with one attached hydrogen (secondary N) is 1. The van der Waals surface area contributed by atoms with Gasteiger partial charge in [-0.1, -0.05) is 12.1 Å². The van der Waals surface area contributed by atoms with Crippen molar-refractivity contribution in [2.75, 3.05) is 11.9 Å². The molecule has 0 fully saturated rings. The number of hydrogen-bond acceptors (Lipinski definition) is 2. The predicted octanol–water partition coefficient (Wildman–Crippen LogP) is 2.22. The van der Waals surface area contributed by atoms with Crippen molar-refractivity contribution in [2.45, 2.75) is 6.92 Å². The zero-order chi connectivity index (χ0) is 10.4. The van der Waals surface area contributed by atoms with E-state index >= 15 is 0 Å². The maximum absolute atomic E-state index is 10.2. The number of aliphatic carboxylic acids is 1. The third-order valence-electron chi connectivity index (χ3n) is 1.71. The number of carboxylic acids is 1. The number of rotatable bonds is 4. The first kappa shape index (κ1) is 10.3. The number of carboxylic acid groups (broad SMARTS) is 1. The van der Waals surface area contributed by atoms with Crippen LogP contribution in [0.4, 0.5) is 5.69 Å². The van der Waals surface area contributed by atoms with Crippen molar-refractivity contribution < 1.29 is 9.90 Å². The van der Waals surface area contributed by atoms with Gasteiger partial charge in [-0.25, -0.2) is 4.79 Å². The first-order valence-corrected chi connectivity index (χ1v) is 4.47. The molecule has 0 aliphatic carbocycles. The minimum absolute atomic E-state index is 0.879. The molecule has 3 nitrogen and oxygen atoms in total. The van der Waals surface area contributed by atoms with Gasteiger partial charge in [0.15, 0.2) is 0 Å². The van der Waals surface area contributed by atoms with Gasteiger partial charge < -0.3 is 10.4 Å². The van der Waals surface area contributed by atoms with Crippen molar-refractivity contribution in [1.82, 2.24) is 0 Å². The molecule has 74 valence electrons. The highest BCUT2D eigenvalue weighted by Gasteiger charge is 1.91. The fraction of sp³-hybridized carbons (Fsp3) is 0.182. The van der Waals surface area contributed by atoms with Gasteiger partial charge in [0.2, 0.25) is 0 Å². The van der Waals surface area contributed by atoms with Crippen LogP contribution in [0.2, 0.25) is 0 Å². The number of anilines is 1. The lowest BCUT2D eigenvalue weighted by Gasteiger charge is -2.02. The van der Waals surface area contributed by atoms with Crippen molar-refractivity contribution >= 4 is 17.7 Å². The summed E-state index contributed by atoms with van der Waals surface area (Å²) in [6, 6.07) is 7.59. The van der Waals surface area contributed by atoms with E-state index in [4.69, 9.17) is 5.11 Å². The van der Waals surface area contributed by atoms with E-state index in [0.717, 1.165) is 23.9 Å². The van der Waals surface area contributed by atoms with Gasteiger partial charge in [0.25, 0.3) is 0 Å². The first-order valence-electron chi connectivity index (χ1n) is 4.47. The molecule has 0 atom stereocenters. The zero-order valence-electron chi connectivity index (χ0n) is 8.03. The van der Waals surface area contributed by atoms with Crippen LogP contribution in [0.5, 0.6) is 0 Å². The van der Waals surface area contributed by atoms with Crippen LogP contribution in [0.1, 0.15) is 12.5 Å². The summed E-state index contributed by atoms with van der Waals surface area (Å²) in [5.41, 5.74) is 1.93. The molecule has 0 saturated carbocycles. The Morgan fingerprint density at radius 1 is 1.43 bits per heavy atom. The molecule has 0 saturated heterocycles. The van der Waals surface area contributed by atoms with Gasteiger partial charge in [-0.3, -0.25) is 0 Å². The van der Waals surface area contributed by atoms with Gasteiger partial charge in [0, 0.05) is 18.3 Å². The monoisotopic (exact) mass is 191 g/mol. The van der Waals surface area contributed by atoms with Crippen molar-refractivity contribution in [3.8, 4) is 0 Å². The molecule has 0 aliphatic heterocycles. The van der Waals surface area contributed by atoms with Crippen LogP contribution in [-0.4, -0.2) is 17.6 Å². The summed E-state index contributed by atoms with van der Waals surface area (Å²) in [4.78, 5) is 10.2. The highest BCUT2D eigenvalue weighted by Crippen LogP contribution is 2.10. The van der Waals surface area contributed by atoms with Gasteiger partial charge in [0.05, 0.1) is 0 Å². The molecular weight excluding hydrogens is 178 g/mol. The second kappa shape index (κ2) is 5.07. The molecule has 0 radical (unpaired) electrons. The van der Waals surface area contributed by atoms with Gasteiger partial charge in [-0.15, -0.1) is 0 Å². The molecule has 0 spiro atoms. The summed E-state index contributed by atoms with van der Waals surface area (Å²) in [5, 5.41) is 11.6. The Balaban J connectivity index is 2.68. The molecule has 1 aromatic carbocycles. The van der Waals surface area contributed by atoms with E-state index in [0.29, 0.717) is 0 Å². The highest BCUT2D eigenvalue weighted by atomic mass is 16.4. The molecule has 0 aliphatic rings. The van der Waals surface area contributed by atoms with Crippen LogP contribution >= 0.6 is 0 Å². The normalized spacial score (nSPS) is 10.4. The number of carbonyl (C=O) groups is 1. The maximum Gasteiger partial charge on any atom is 0.328 e. The van der Waals surface area contributed by atoms with E-state index in [1.807, 2.05) is 31.2 Å². The molecule has 1 rings (SSSR count). The van der Waals surface area contributed by atoms with Crippen molar-refractivity contribution in [3.63, 3.8) is 0 Å². The molecule has 0 aromatic heterocycles. The first-order chi connectivity index (χ1) is 6.72. The summed E-state index contributed by atoms with van der Waals surface area (Å²) < 4.78 is 0. The predicted molar refractivity (Wildman–Crippen MR) is 57.3 cm³/mol. The SMILES string of the molecule is CCNc1ccc(C=CC(=O)O)cc1. The molecule has 0 amide bonds. The Kier molecular flexibility index (Phi) is 3.73. The molecule has 3 heteroatoms. The van der Waals surface area contributed by atoms with Gasteiger partial charge >= 0.3 is 5.97 Å². The fourth-order valence-electron chi connectivity index (χ4n) is 1.08. The summed E-state index contributed by atoms with van der Waals surface area (Å²) in [6.07, 6.45) is 2.69. The average molecular weight is 191 g/mol. The Morgan fingerprint density at radius 2 is 2.07 bits per heavy atom. The molecule has 0 unspecified atom stereocenters. The average Bonchev–Trinajstić information content (AvgIpc) is 2.17. The summed E-state index contributed by atoms with van der Waals surface area (Å²) in [6.45, 7) is 2.91. The van der Waals surface area contributed by atoms with Crippen LogP contribution in [0.25, 0.3) is 6.08 Å². The maximum atomic E-state index is 10.2. The second-order valence-corrected chi connectivity index (χ2v) is 2.82. The molecule has 0 bridgehead atoms. The third-order valence-corrected chi connectivity index (χ3v) is 1.71. The lowest BCUT2D eigenvalue weighted by Crippen LogP contribution is -1.95. The molecule has 1 aromatic rings. The van der Waals surface area contributed by atoms with E-state index in [2.05, 4.69) is 5.32 Å². The van der Waals surface area contributed by atoms with E-state index in [9.17, 15) is 4.79 Å². The number of benzene rings is 1. The molecule has 2 N–H and O–H groups in total. The highest BCUT2D eigenvalue weighted by molar-refractivity contribution is 5.85. The summed E-state index contributed by atoms with van der Waals surface area (Å²) in [5.74, 6) is -0.930. The van der Waals surface area contributed by atoms with E-state index in [1.165, 1.54) is 0 Å². The van der Waals surface area contributed by atoms with Crippen LogP contribution < -0.4 is 5.32 Å². The van der Waals surface area contributed by atoms with Crippen molar-refractivity contribution in [2.24, 2.45) is 0 Å². The standard InChI is InChI=1S/C11H13NO2/c1-2-12-10-6-3-9(4-7-10)5-8-11(13)14/h3-8,12H,2H2,1H3,(H,13,14). The van der Waals surface area contributed by atoms with E-state index in [1.54, 1.807) is 6.08 Å². The fourth-order valence-corrected chi connectivity index (χ4v) is 1.08. The Hall–Kier alpha value is -1.77. The molecule has 0 heterocycles. The largest absolute Gasteiger partial charge is 0.478 e. The van der Waals surface area contributed by atoms with Crippen molar-refractivity contribution in [1.29, 1.82) is 0 Å². The molecular formula is C11H13NO2. The van der Waals surface area contributed by atoms with Crippen LogP contribution in [0, 0.1) is 0 Å². The van der Waals surface area contributed by atoms with E-state index in [-0.39, 0.29) is 0 Å². The van der Waals surface area contributed by atoms with Crippen molar-refractivity contribution in [3.05, 3.63) is 35.9 Å². The van der Waals surface area contributed by atoms with Crippen LogP contribution in [0.15, 0.2) is 30.3 Å². The Bertz CT molecular complexity index is 328. The minimum atomic E-state index is -0.930. The van der Waals surface area contributed by atoms with Gasteiger partial charge in [0.1, 0.15) is 0 Å². The van der Waals surface area contributed by atoms with Crippen LogP contribution in [-0.2, 0) is 4.79 Å². The topological polar surface area (TPSA) is 49.3 Å². The molecule has 14 heavy (non-hydrogen) atoms.